The van der Waals surface area contributed by atoms with Gasteiger partial charge in [-0.25, -0.2) is 10.5 Å². The van der Waals surface area contributed by atoms with Gasteiger partial charge >= 0.3 is 0 Å². The number of anilines is 1. The van der Waals surface area contributed by atoms with Crippen molar-refractivity contribution in [2.75, 3.05) is 16.9 Å². The summed E-state index contributed by atoms with van der Waals surface area (Å²) < 4.78 is 0. The molecule has 2 heterocycles. The Morgan fingerprint density at radius 3 is 3.31 bits per heavy atom. The van der Waals surface area contributed by atoms with Gasteiger partial charge in [0.05, 0.1) is 0 Å². The number of hydrogen-bond acceptors (Lipinski definition) is 5. The second kappa shape index (κ2) is 4.27. The van der Waals surface area contributed by atoms with Gasteiger partial charge < -0.3 is 0 Å². The largest absolute Gasteiger partial charge is 0.246 e. The van der Waals surface area contributed by atoms with E-state index in [2.05, 4.69) is 25.7 Å². The van der Waals surface area contributed by atoms with Gasteiger partial charge in [-0.15, -0.1) is 0 Å². The number of nitrogens with zero attached hydrogens (tertiary/aromatic N) is 3. The number of hydrazone groups is 1. The quantitative estimate of drug-likeness (QED) is 0.697. The Bertz CT molecular complexity index is 273. The molecule has 70 valence electrons. The maximum atomic E-state index is 4.24. The molecule has 13 heavy (non-hydrogen) atoms. The Kier molecular flexibility index (Phi) is 2.81. The predicted molar refractivity (Wildman–Crippen MR) is 54.0 cm³/mol. The highest BCUT2D eigenvalue weighted by Gasteiger charge is 2.06. The molecule has 2 rings (SSSR count). The molecule has 6 heteroatoms. The number of hydrogen-bond donors (Lipinski definition) is 2. The Hall–Kier alpha value is -1.04. The topological polar surface area (TPSA) is 66.0 Å². The van der Waals surface area contributed by atoms with Gasteiger partial charge in [0.25, 0.3) is 0 Å². The molecule has 0 radical (unpaired) electrons. The average molecular weight is 197 g/mol. The van der Waals surface area contributed by atoms with Gasteiger partial charge in [0, 0.05) is 11.5 Å². The number of rotatable bonds is 2. The van der Waals surface area contributed by atoms with Gasteiger partial charge in [-0.2, -0.15) is 26.9 Å². The van der Waals surface area contributed by atoms with E-state index in [1.807, 2.05) is 11.8 Å². The molecule has 0 spiro atoms. The number of aromatic amines is 1. The summed E-state index contributed by atoms with van der Waals surface area (Å²) in [4.78, 5) is 3.91. The summed E-state index contributed by atoms with van der Waals surface area (Å²) in [5.41, 5.74) is 4.04. The zero-order valence-electron chi connectivity index (χ0n) is 7.16. The Morgan fingerprint density at radius 1 is 1.62 bits per heavy atom. The third kappa shape index (κ3) is 2.45. The van der Waals surface area contributed by atoms with E-state index in [9.17, 15) is 0 Å². The van der Waals surface area contributed by atoms with Gasteiger partial charge in [-0.3, -0.25) is 0 Å². The summed E-state index contributed by atoms with van der Waals surface area (Å²) in [6, 6.07) is 0. The summed E-state index contributed by atoms with van der Waals surface area (Å²) in [5, 5.41) is 10.6. The smallest absolute Gasteiger partial charge is 0.239 e. The van der Waals surface area contributed by atoms with Gasteiger partial charge in [0.15, 0.2) is 0 Å². The standard InChI is InChI=1S/C7H11N5S/c1-2-6(4-13-3-1)10-12-7-8-5-9-11-7/h5H,1-4H2,(H2,8,9,11,12)/b10-6+. The minimum Gasteiger partial charge on any atom is -0.246 e. The van der Waals surface area contributed by atoms with Crippen LogP contribution in [0.5, 0.6) is 0 Å². The first-order valence-electron chi connectivity index (χ1n) is 4.20. The van der Waals surface area contributed by atoms with Crippen LogP contribution in [0.4, 0.5) is 5.95 Å². The zero-order chi connectivity index (χ0) is 8.93. The molecule has 0 unspecified atom stereocenters. The van der Waals surface area contributed by atoms with Gasteiger partial charge in [-0.05, 0) is 18.6 Å². The second-order valence-electron chi connectivity index (χ2n) is 2.78. The van der Waals surface area contributed by atoms with Crippen molar-refractivity contribution >= 4 is 23.4 Å². The van der Waals surface area contributed by atoms with Crippen molar-refractivity contribution in [3.05, 3.63) is 6.33 Å². The Balaban J connectivity index is 1.89. The van der Waals surface area contributed by atoms with Crippen LogP contribution in [0.2, 0.25) is 0 Å². The number of H-pyrrole nitrogens is 1. The maximum Gasteiger partial charge on any atom is 0.239 e. The van der Waals surface area contributed by atoms with Crippen LogP contribution >= 0.6 is 11.8 Å². The van der Waals surface area contributed by atoms with Crippen molar-refractivity contribution in [3.8, 4) is 0 Å². The van der Waals surface area contributed by atoms with Gasteiger partial charge in [0.2, 0.25) is 5.95 Å². The molecule has 1 aliphatic rings. The minimum atomic E-state index is 0.600. The SMILES string of the molecule is c1n[nH]c(N/N=C2\CCCSC2)n1. The number of nitrogens with one attached hydrogen (secondary N) is 2. The third-order valence-corrected chi connectivity index (χ3v) is 2.87. The lowest BCUT2D eigenvalue weighted by Crippen LogP contribution is -2.11. The van der Waals surface area contributed by atoms with Crippen LogP contribution in [0.25, 0.3) is 0 Å². The second-order valence-corrected chi connectivity index (χ2v) is 3.89. The lowest BCUT2D eigenvalue weighted by molar-refractivity contribution is 0.979. The molecule has 1 fully saturated rings. The molecule has 1 saturated heterocycles. The van der Waals surface area contributed by atoms with Crippen molar-refractivity contribution in [1.29, 1.82) is 0 Å². The van der Waals surface area contributed by atoms with Crippen LogP contribution in [-0.4, -0.2) is 32.4 Å². The van der Waals surface area contributed by atoms with Crippen molar-refractivity contribution in [3.63, 3.8) is 0 Å². The van der Waals surface area contributed by atoms with E-state index in [1.54, 1.807) is 0 Å². The van der Waals surface area contributed by atoms with E-state index in [4.69, 9.17) is 0 Å². The normalized spacial score (nSPS) is 20.5. The molecule has 0 atom stereocenters. The van der Waals surface area contributed by atoms with Crippen LogP contribution in [0, 0.1) is 0 Å². The molecule has 1 aromatic heterocycles. The predicted octanol–water partition coefficient (Wildman–Crippen LogP) is 1.10. The van der Waals surface area contributed by atoms with Crippen molar-refractivity contribution in [1.82, 2.24) is 15.2 Å². The molecule has 5 nitrogen and oxygen atoms in total. The summed E-state index contributed by atoms with van der Waals surface area (Å²) in [5.74, 6) is 2.88. The first kappa shape index (κ1) is 8.55. The van der Waals surface area contributed by atoms with E-state index in [0.29, 0.717) is 5.95 Å². The first-order valence-corrected chi connectivity index (χ1v) is 5.35. The number of thioether (sulfide) groups is 1. The van der Waals surface area contributed by atoms with Crippen LogP contribution < -0.4 is 5.43 Å². The molecular weight excluding hydrogens is 186 g/mol. The van der Waals surface area contributed by atoms with E-state index in [-0.39, 0.29) is 0 Å². The molecule has 0 aliphatic carbocycles. The zero-order valence-corrected chi connectivity index (χ0v) is 7.97. The summed E-state index contributed by atoms with van der Waals surface area (Å²) in [6.07, 6.45) is 3.77. The van der Waals surface area contributed by atoms with Crippen LogP contribution in [-0.2, 0) is 0 Å². The molecule has 1 aliphatic heterocycles. The Labute approximate surface area is 80.4 Å². The summed E-state index contributed by atoms with van der Waals surface area (Å²) >= 11 is 1.92. The van der Waals surface area contributed by atoms with Crippen molar-refractivity contribution < 1.29 is 0 Å². The van der Waals surface area contributed by atoms with Crippen LogP contribution in [0.3, 0.4) is 0 Å². The lowest BCUT2D eigenvalue weighted by atomic mass is 10.2. The highest BCUT2D eigenvalue weighted by Crippen LogP contribution is 2.14. The fraction of sp³-hybridized carbons (Fsp3) is 0.571. The van der Waals surface area contributed by atoms with Crippen molar-refractivity contribution in [2.24, 2.45) is 5.10 Å². The molecule has 0 amide bonds. The van der Waals surface area contributed by atoms with E-state index in [0.717, 1.165) is 12.2 Å². The number of aromatic nitrogens is 3. The molecular formula is C7H11N5S. The van der Waals surface area contributed by atoms with E-state index >= 15 is 0 Å². The molecule has 0 saturated carbocycles. The monoisotopic (exact) mass is 197 g/mol. The van der Waals surface area contributed by atoms with Gasteiger partial charge in [-0.1, -0.05) is 0 Å². The molecule has 2 N–H and O–H groups in total. The Morgan fingerprint density at radius 2 is 2.62 bits per heavy atom. The first-order chi connectivity index (χ1) is 6.45. The third-order valence-electron chi connectivity index (χ3n) is 1.76. The summed E-state index contributed by atoms with van der Waals surface area (Å²) in [7, 11) is 0. The van der Waals surface area contributed by atoms with Crippen LogP contribution in [0.1, 0.15) is 12.8 Å². The summed E-state index contributed by atoms with van der Waals surface area (Å²) in [6.45, 7) is 0. The van der Waals surface area contributed by atoms with Gasteiger partial charge in [0.1, 0.15) is 6.33 Å². The van der Waals surface area contributed by atoms with E-state index in [1.165, 1.54) is 24.2 Å². The maximum absolute atomic E-state index is 4.24. The lowest BCUT2D eigenvalue weighted by Gasteiger charge is -2.11. The highest BCUT2D eigenvalue weighted by atomic mass is 32.2. The van der Waals surface area contributed by atoms with E-state index < -0.39 is 0 Å². The van der Waals surface area contributed by atoms with Crippen molar-refractivity contribution in [2.45, 2.75) is 12.8 Å². The molecule has 1 aromatic rings. The molecule has 0 bridgehead atoms. The fourth-order valence-corrected chi connectivity index (χ4v) is 2.06. The fourth-order valence-electron chi connectivity index (χ4n) is 1.12. The van der Waals surface area contributed by atoms with Crippen LogP contribution in [0.15, 0.2) is 11.4 Å². The average Bonchev–Trinajstić information content (AvgIpc) is 2.69. The minimum absolute atomic E-state index is 0.600. The highest BCUT2D eigenvalue weighted by molar-refractivity contribution is 8.00. The molecule has 0 aromatic carbocycles.